The minimum absolute atomic E-state index is 0.108. The van der Waals surface area contributed by atoms with Crippen LogP contribution in [0.15, 0.2) is 27.6 Å². The average Bonchev–Trinajstić information content (AvgIpc) is 2.25. The van der Waals surface area contributed by atoms with E-state index in [9.17, 15) is 18.0 Å². The Balaban J connectivity index is 3.23. The van der Waals surface area contributed by atoms with Crippen molar-refractivity contribution in [2.75, 3.05) is 0 Å². The first-order valence-corrected chi connectivity index (χ1v) is 7.15. The molecule has 104 valence electrons. The van der Waals surface area contributed by atoms with E-state index in [0.29, 0.717) is 0 Å². The van der Waals surface area contributed by atoms with E-state index < -0.39 is 39.2 Å². The molecule has 0 saturated carbocycles. The SMILES string of the molecule is N[C@@H](CC(=O)O)C(=O)c1cccc(S(=O)(=O)O)c1Br. The molecule has 1 aromatic carbocycles. The molecule has 0 aliphatic rings. The first-order valence-electron chi connectivity index (χ1n) is 4.92. The van der Waals surface area contributed by atoms with Gasteiger partial charge in [-0.05, 0) is 22.0 Å². The van der Waals surface area contributed by atoms with Crippen molar-refractivity contribution in [3.8, 4) is 0 Å². The second-order valence-electron chi connectivity index (χ2n) is 3.66. The van der Waals surface area contributed by atoms with Gasteiger partial charge in [0.25, 0.3) is 10.1 Å². The fraction of sp³-hybridized carbons (Fsp3) is 0.200. The van der Waals surface area contributed by atoms with Crippen LogP contribution in [0.5, 0.6) is 0 Å². The van der Waals surface area contributed by atoms with Crippen molar-refractivity contribution in [2.24, 2.45) is 5.73 Å². The summed E-state index contributed by atoms with van der Waals surface area (Å²) in [5.41, 5.74) is 5.31. The molecule has 0 saturated heterocycles. The summed E-state index contributed by atoms with van der Waals surface area (Å²) in [5, 5.41) is 8.55. The standard InChI is InChI=1S/C10H10BrNO6S/c11-9-5(10(15)6(12)4-8(13)14)2-1-3-7(9)19(16,17)18/h1-3,6H,4,12H2,(H,13,14)(H,16,17,18)/t6-/m0/s1. The summed E-state index contributed by atoms with van der Waals surface area (Å²) in [6, 6.07) is 2.32. The Labute approximate surface area is 117 Å². The molecule has 1 aromatic rings. The fourth-order valence-electron chi connectivity index (χ4n) is 1.38. The monoisotopic (exact) mass is 351 g/mol. The molecule has 0 aliphatic heterocycles. The van der Waals surface area contributed by atoms with Gasteiger partial charge in [0.1, 0.15) is 4.90 Å². The fourth-order valence-corrected chi connectivity index (χ4v) is 3.04. The van der Waals surface area contributed by atoms with Crippen LogP contribution < -0.4 is 5.73 Å². The number of benzene rings is 1. The number of halogens is 1. The highest BCUT2D eigenvalue weighted by molar-refractivity contribution is 9.10. The third-order valence-electron chi connectivity index (χ3n) is 2.24. The van der Waals surface area contributed by atoms with E-state index in [1.54, 1.807) is 0 Å². The summed E-state index contributed by atoms with van der Waals surface area (Å²) < 4.78 is 30.9. The first-order chi connectivity index (χ1) is 8.64. The molecule has 1 rings (SSSR count). The van der Waals surface area contributed by atoms with Crippen molar-refractivity contribution >= 4 is 37.8 Å². The zero-order chi connectivity index (χ0) is 14.8. The van der Waals surface area contributed by atoms with Crippen LogP contribution in [0.3, 0.4) is 0 Å². The number of ketones is 1. The lowest BCUT2D eigenvalue weighted by Gasteiger charge is -2.11. The van der Waals surface area contributed by atoms with Gasteiger partial charge in [0.15, 0.2) is 5.78 Å². The second kappa shape index (κ2) is 5.78. The molecule has 0 aliphatic carbocycles. The van der Waals surface area contributed by atoms with Gasteiger partial charge in [-0.15, -0.1) is 0 Å². The molecule has 0 aromatic heterocycles. The maximum Gasteiger partial charge on any atom is 0.305 e. The predicted molar refractivity (Wildman–Crippen MR) is 68.5 cm³/mol. The van der Waals surface area contributed by atoms with Crippen LogP contribution in [0.2, 0.25) is 0 Å². The zero-order valence-electron chi connectivity index (χ0n) is 9.41. The normalized spacial score (nSPS) is 13.0. The lowest BCUT2D eigenvalue weighted by Crippen LogP contribution is -2.33. The quantitative estimate of drug-likeness (QED) is 0.524. The van der Waals surface area contributed by atoms with Crippen LogP contribution in [0.1, 0.15) is 16.8 Å². The van der Waals surface area contributed by atoms with E-state index in [2.05, 4.69) is 15.9 Å². The van der Waals surface area contributed by atoms with Gasteiger partial charge in [-0.25, -0.2) is 0 Å². The summed E-state index contributed by atoms with van der Waals surface area (Å²) in [4.78, 5) is 21.9. The Morgan fingerprint density at radius 1 is 1.37 bits per heavy atom. The largest absolute Gasteiger partial charge is 0.481 e. The lowest BCUT2D eigenvalue weighted by atomic mass is 10.0. The van der Waals surface area contributed by atoms with Gasteiger partial charge in [-0.1, -0.05) is 12.1 Å². The Morgan fingerprint density at radius 2 is 1.95 bits per heavy atom. The summed E-state index contributed by atoms with van der Waals surface area (Å²) in [6.07, 6.45) is -0.582. The van der Waals surface area contributed by atoms with Gasteiger partial charge in [-0.2, -0.15) is 8.42 Å². The molecule has 0 amide bonds. The van der Waals surface area contributed by atoms with Crippen molar-refractivity contribution < 1.29 is 27.7 Å². The van der Waals surface area contributed by atoms with Crippen LogP contribution in [-0.2, 0) is 14.9 Å². The Kier molecular flexibility index (Phi) is 4.80. The highest BCUT2D eigenvalue weighted by atomic mass is 79.9. The second-order valence-corrected chi connectivity index (χ2v) is 5.84. The molecule has 0 unspecified atom stereocenters. The van der Waals surface area contributed by atoms with Crippen LogP contribution in [0, 0.1) is 0 Å². The van der Waals surface area contributed by atoms with E-state index in [1.165, 1.54) is 12.1 Å². The Bertz CT molecular complexity index is 627. The summed E-state index contributed by atoms with van der Waals surface area (Å²) >= 11 is 2.89. The van der Waals surface area contributed by atoms with E-state index in [4.69, 9.17) is 15.4 Å². The summed E-state index contributed by atoms with van der Waals surface area (Å²) in [5.74, 6) is -1.98. The molecule has 4 N–H and O–H groups in total. The van der Waals surface area contributed by atoms with Gasteiger partial charge in [-0.3, -0.25) is 14.1 Å². The van der Waals surface area contributed by atoms with Crippen molar-refractivity contribution in [3.05, 3.63) is 28.2 Å². The Morgan fingerprint density at radius 3 is 2.42 bits per heavy atom. The number of nitrogens with two attached hydrogens (primary N) is 1. The van der Waals surface area contributed by atoms with Crippen LogP contribution in [-0.4, -0.2) is 35.9 Å². The summed E-state index contributed by atoms with van der Waals surface area (Å²) in [7, 11) is -4.49. The number of Topliss-reactive ketones (excluding diaryl/α,β-unsaturated/α-hetero) is 1. The van der Waals surface area contributed by atoms with Gasteiger partial charge in [0.2, 0.25) is 0 Å². The van der Waals surface area contributed by atoms with Crippen molar-refractivity contribution in [3.63, 3.8) is 0 Å². The van der Waals surface area contributed by atoms with Crippen molar-refractivity contribution in [1.82, 2.24) is 0 Å². The van der Waals surface area contributed by atoms with E-state index in [0.717, 1.165) is 6.07 Å². The topological polar surface area (TPSA) is 135 Å². The molecular weight excluding hydrogens is 342 g/mol. The number of hydrogen-bond donors (Lipinski definition) is 3. The van der Waals surface area contributed by atoms with Gasteiger partial charge >= 0.3 is 5.97 Å². The number of rotatable bonds is 5. The van der Waals surface area contributed by atoms with Gasteiger partial charge in [0.05, 0.1) is 12.5 Å². The molecule has 0 bridgehead atoms. The lowest BCUT2D eigenvalue weighted by molar-refractivity contribution is -0.137. The van der Waals surface area contributed by atoms with Gasteiger partial charge in [0, 0.05) is 10.0 Å². The number of hydrogen-bond acceptors (Lipinski definition) is 5. The molecular formula is C10H10BrNO6S. The molecule has 0 fully saturated rings. The van der Waals surface area contributed by atoms with Crippen LogP contribution in [0.4, 0.5) is 0 Å². The molecule has 0 spiro atoms. The van der Waals surface area contributed by atoms with Gasteiger partial charge < -0.3 is 10.8 Å². The maximum absolute atomic E-state index is 11.9. The number of carboxylic acids is 1. The first kappa shape index (κ1) is 15.8. The zero-order valence-corrected chi connectivity index (χ0v) is 11.8. The molecule has 7 nitrogen and oxygen atoms in total. The number of carboxylic acid groups (broad SMARTS) is 1. The van der Waals surface area contributed by atoms with Crippen molar-refractivity contribution in [1.29, 1.82) is 0 Å². The summed E-state index contributed by atoms with van der Waals surface area (Å²) in [6.45, 7) is 0. The van der Waals surface area contributed by atoms with Crippen LogP contribution in [0.25, 0.3) is 0 Å². The highest BCUT2D eigenvalue weighted by Crippen LogP contribution is 2.26. The van der Waals surface area contributed by atoms with E-state index in [-0.39, 0.29) is 10.0 Å². The maximum atomic E-state index is 11.9. The molecule has 1 atom stereocenters. The third-order valence-corrected chi connectivity index (χ3v) is 4.25. The third kappa shape index (κ3) is 3.83. The molecule has 9 heteroatoms. The van der Waals surface area contributed by atoms with E-state index in [1.807, 2.05) is 0 Å². The minimum Gasteiger partial charge on any atom is -0.481 e. The average molecular weight is 352 g/mol. The smallest absolute Gasteiger partial charge is 0.305 e. The highest BCUT2D eigenvalue weighted by Gasteiger charge is 2.24. The van der Waals surface area contributed by atoms with Crippen molar-refractivity contribution in [2.45, 2.75) is 17.4 Å². The molecule has 19 heavy (non-hydrogen) atoms. The predicted octanol–water partition coefficient (Wildman–Crippen LogP) is 0.680. The number of carbonyl (C=O) groups is 2. The van der Waals surface area contributed by atoms with Crippen LogP contribution >= 0.6 is 15.9 Å². The van der Waals surface area contributed by atoms with E-state index >= 15 is 0 Å². The Hall–Kier alpha value is -1.29. The number of aliphatic carboxylic acids is 1. The molecule has 0 heterocycles. The minimum atomic E-state index is -4.49. The number of carbonyl (C=O) groups excluding carboxylic acids is 1. The molecule has 0 radical (unpaired) electrons.